The van der Waals surface area contributed by atoms with Gasteiger partial charge in [-0.2, -0.15) is 12.7 Å². The fraction of sp³-hybridized carbons (Fsp3) is 0.667. The molecule has 1 aromatic rings. The first kappa shape index (κ1) is 41.5. The molecule has 7 rings (SSSR count). The number of fused-ring (bicyclic) bond motifs is 4. The van der Waals surface area contributed by atoms with Crippen molar-refractivity contribution in [3.63, 3.8) is 0 Å². The van der Waals surface area contributed by atoms with Crippen molar-refractivity contribution >= 4 is 40.1 Å². The molecule has 19 heteroatoms. The zero-order valence-corrected chi connectivity index (χ0v) is 34.1. The van der Waals surface area contributed by atoms with E-state index in [0.29, 0.717) is 50.5 Å². The van der Waals surface area contributed by atoms with Gasteiger partial charge in [0, 0.05) is 38.5 Å². The predicted molar refractivity (Wildman–Crippen MR) is 206 cm³/mol. The number of alkyl carbamates (subject to hydrolysis) is 1. The van der Waals surface area contributed by atoms with Gasteiger partial charge in [-0.3, -0.25) is 14.4 Å². The number of carbonyl (C=O) groups is 5. The minimum absolute atomic E-state index is 0.0678. The summed E-state index contributed by atoms with van der Waals surface area (Å²) in [4.78, 5) is 72.4. The fourth-order valence-electron chi connectivity index (χ4n) is 8.14. The zero-order valence-electron chi connectivity index (χ0n) is 33.3. The Morgan fingerprint density at radius 2 is 1.69 bits per heavy atom. The van der Waals surface area contributed by atoms with Gasteiger partial charge in [0.1, 0.15) is 42.5 Å². The number of rotatable bonds is 5. The second-order valence-electron chi connectivity index (χ2n) is 16.7. The van der Waals surface area contributed by atoms with E-state index in [2.05, 4.69) is 15.4 Å². The molecule has 3 fully saturated rings. The molecule has 2 saturated heterocycles. The van der Waals surface area contributed by atoms with E-state index in [4.69, 9.17) is 23.7 Å². The van der Waals surface area contributed by atoms with Crippen LogP contribution in [0.3, 0.4) is 0 Å². The maximum atomic E-state index is 14.5. The average molecular weight is 831 g/mol. The van der Waals surface area contributed by atoms with Crippen molar-refractivity contribution in [1.82, 2.24) is 29.5 Å². The van der Waals surface area contributed by atoms with Gasteiger partial charge in [-0.15, -0.1) is 0 Å². The van der Waals surface area contributed by atoms with E-state index in [-0.39, 0.29) is 58.7 Å². The summed E-state index contributed by atoms with van der Waals surface area (Å²) in [6.07, 6.45) is 4.95. The number of allylic oxidation sites excluding steroid dienone is 1. The first-order valence-corrected chi connectivity index (χ1v) is 21.6. The van der Waals surface area contributed by atoms with Gasteiger partial charge in [0.05, 0.1) is 19.8 Å². The van der Waals surface area contributed by atoms with Crippen LogP contribution in [-0.2, 0) is 51.8 Å². The van der Waals surface area contributed by atoms with Gasteiger partial charge in [-0.25, -0.2) is 14.3 Å². The number of nitrogens with zero attached hydrogens (tertiary/aromatic N) is 3. The van der Waals surface area contributed by atoms with Crippen LogP contribution in [0.25, 0.3) is 0 Å². The number of carbonyl (C=O) groups excluding carboxylic acids is 5. The average Bonchev–Trinajstić information content (AvgIpc) is 3.71. The lowest BCUT2D eigenvalue weighted by Crippen LogP contribution is -2.59. The second kappa shape index (κ2) is 16.9. The molecule has 6 aliphatic rings. The molecule has 0 spiro atoms. The van der Waals surface area contributed by atoms with Crippen LogP contribution < -0.4 is 24.8 Å². The summed E-state index contributed by atoms with van der Waals surface area (Å²) in [6.45, 7) is 6.97. The summed E-state index contributed by atoms with van der Waals surface area (Å²) in [5.41, 5.74) is -0.520. The topological polar surface area (TPSA) is 211 Å². The lowest BCUT2D eigenvalue weighted by Gasteiger charge is -2.31. The summed E-state index contributed by atoms with van der Waals surface area (Å²) in [5, 5.41) is 5.53. The normalized spacial score (nSPS) is 28.6. The first-order chi connectivity index (χ1) is 27.6. The van der Waals surface area contributed by atoms with E-state index in [1.54, 1.807) is 25.7 Å². The molecule has 0 bridgehead atoms. The van der Waals surface area contributed by atoms with E-state index in [0.717, 1.165) is 28.3 Å². The number of amides is 5. The quantitative estimate of drug-likeness (QED) is 0.364. The summed E-state index contributed by atoms with van der Waals surface area (Å²) < 4.78 is 58.1. The van der Waals surface area contributed by atoms with Crippen LogP contribution in [0.1, 0.15) is 76.8 Å². The molecule has 5 atom stereocenters. The molecule has 5 amide bonds. The number of benzene rings is 1. The van der Waals surface area contributed by atoms with Gasteiger partial charge >= 0.3 is 22.4 Å². The molecule has 58 heavy (non-hydrogen) atoms. The smallest absolute Gasteiger partial charge is 0.410 e. The van der Waals surface area contributed by atoms with Crippen LogP contribution in [0, 0.1) is 5.92 Å². The minimum atomic E-state index is -4.25. The molecule has 3 N–H and O–H groups in total. The molecule has 0 aromatic heterocycles. The van der Waals surface area contributed by atoms with Gasteiger partial charge in [-0.05, 0) is 76.1 Å². The van der Waals surface area contributed by atoms with E-state index >= 15 is 0 Å². The maximum Gasteiger partial charge on any atom is 0.410 e. The Balaban J connectivity index is 1.12. The number of hydrogen-bond donors (Lipinski definition) is 3. The van der Waals surface area contributed by atoms with Crippen molar-refractivity contribution in [2.45, 2.75) is 108 Å². The lowest BCUT2D eigenvalue weighted by molar-refractivity contribution is -0.141. The van der Waals surface area contributed by atoms with Crippen LogP contribution in [0.15, 0.2) is 24.3 Å². The van der Waals surface area contributed by atoms with Crippen molar-refractivity contribution in [3.05, 3.63) is 35.4 Å². The predicted octanol–water partition coefficient (Wildman–Crippen LogP) is 1.90. The van der Waals surface area contributed by atoms with Crippen molar-refractivity contribution in [2.75, 3.05) is 52.6 Å². The Morgan fingerprint density at radius 3 is 2.41 bits per heavy atom. The molecular weight excluding hydrogens is 777 g/mol. The fourth-order valence-corrected chi connectivity index (χ4v) is 9.32. The third-order valence-electron chi connectivity index (χ3n) is 11.3. The minimum Gasteiger partial charge on any atom is -0.486 e. The van der Waals surface area contributed by atoms with E-state index < -0.39 is 75.4 Å². The lowest BCUT2D eigenvalue weighted by atomic mass is 9.99. The molecule has 1 aliphatic carbocycles. The van der Waals surface area contributed by atoms with Crippen LogP contribution in [-0.4, -0.2) is 134 Å². The highest BCUT2D eigenvalue weighted by molar-refractivity contribution is 7.87. The van der Waals surface area contributed by atoms with Crippen LogP contribution in [0.5, 0.6) is 11.5 Å². The maximum absolute atomic E-state index is 14.5. The second-order valence-corrected chi connectivity index (χ2v) is 18.3. The Bertz CT molecular complexity index is 1910. The molecule has 318 valence electrons. The van der Waals surface area contributed by atoms with Crippen LogP contribution >= 0.6 is 0 Å². The van der Waals surface area contributed by atoms with Gasteiger partial charge in [-0.1, -0.05) is 25.0 Å². The van der Waals surface area contributed by atoms with Gasteiger partial charge < -0.3 is 44.1 Å². The Labute approximate surface area is 338 Å². The summed E-state index contributed by atoms with van der Waals surface area (Å²) >= 11 is 0. The monoisotopic (exact) mass is 830 g/mol. The molecule has 0 radical (unpaired) electrons. The highest BCUT2D eigenvalue weighted by atomic mass is 32.2. The SMILES string of the molecule is CC(C)(C)OC(=O)N[C@H]1CCCCC/C=C\[C@@H]2C[C@@]2(C(=O)NS(=O)(=O)N2CCOCC2)NC(=O)[C@@H]2C[C@@H](OC(=O)N3CCc4cc5c(cc4C3)OCCO5)CN2C1=O. The Kier molecular flexibility index (Phi) is 12.1. The summed E-state index contributed by atoms with van der Waals surface area (Å²) in [7, 11) is -4.25. The molecule has 5 aliphatic heterocycles. The molecule has 0 unspecified atom stereocenters. The van der Waals surface area contributed by atoms with E-state index in [1.807, 2.05) is 24.3 Å². The number of morpholine rings is 1. The standard InChI is InChI=1S/C39H54N6O12S/c1-38(2,3)57-36(49)40-29-10-8-6-4-5-7-9-27-22-39(27,35(48)42-58(51,52)44-13-15-53-16-14-44)41-33(46)30-21-28(24-45(30)34(29)47)56-37(50)43-12-11-25-19-31-32(20-26(25)23-43)55-18-17-54-31/h7,9,19-20,27-30H,4-6,8,10-18,21-24H2,1-3H3,(H,40,49)(H,41,46)(H,42,48)/b9-7-/t27-,28-,29+,30+,39-/m1/s1. The molecule has 1 saturated carbocycles. The van der Waals surface area contributed by atoms with Crippen molar-refractivity contribution in [3.8, 4) is 11.5 Å². The molecule has 5 heterocycles. The molecule has 18 nitrogen and oxygen atoms in total. The number of nitrogens with one attached hydrogen (secondary N) is 3. The number of ether oxygens (including phenoxy) is 5. The Hall–Kier alpha value is -4.62. The number of hydrogen-bond acceptors (Lipinski definition) is 12. The largest absolute Gasteiger partial charge is 0.486 e. The molecular formula is C39H54N6O12S. The summed E-state index contributed by atoms with van der Waals surface area (Å²) in [6, 6.07) is 1.51. The highest BCUT2D eigenvalue weighted by Gasteiger charge is 2.62. The van der Waals surface area contributed by atoms with Gasteiger partial charge in [0.15, 0.2) is 11.5 Å². The van der Waals surface area contributed by atoms with E-state index in [9.17, 15) is 32.4 Å². The third-order valence-corrected chi connectivity index (χ3v) is 12.8. The van der Waals surface area contributed by atoms with Gasteiger partial charge in [0.2, 0.25) is 11.8 Å². The van der Waals surface area contributed by atoms with Crippen molar-refractivity contribution in [2.24, 2.45) is 5.92 Å². The van der Waals surface area contributed by atoms with Crippen molar-refractivity contribution in [1.29, 1.82) is 0 Å². The highest BCUT2D eigenvalue weighted by Crippen LogP contribution is 2.46. The third kappa shape index (κ3) is 9.47. The zero-order chi connectivity index (χ0) is 41.2. The Morgan fingerprint density at radius 1 is 0.966 bits per heavy atom. The van der Waals surface area contributed by atoms with E-state index in [1.165, 1.54) is 4.90 Å². The first-order valence-electron chi connectivity index (χ1n) is 20.2. The summed E-state index contributed by atoms with van der Waals surface area (Å²) in [5.74, 6) is -1.41. The molecule has 1 aromatic carbocycles. The van der Waals surface area contributed by atoms with Gasteiger partial charge in [0.25, 0.3) is 5.91 Å². The van der Waals surface area contributed by atoms with Crippen LogP contribution in [0.4, 0.5) is 9.59 Å². The van der Waals surface area contributed by atoms with Crippen molar-refractivity contribution < 1.29 is 56.1 Å². The van der Waals surface area contributed by atoms with Crippen LogP contribution in [0.2, 0.25) is 0 Å².